The van der Waals surface area contributed by atoms with Gasteiger partial charge in [0.05, 0.1) is 25.4 Å². The molecule has 0 aromatic carbocycles. The molecule has 10 nitrogen and oxygen atoms in total. The summed E-state index contributed by atoms with van der Waals surface area (Å²) in [4.78, 5) is 13.0. The van der Waals surface area contributed by atoms with E-state index in [1.807, 2.05) is 6.08 Å². The molecule has 1 fully saturated rings. The lowest BCUT2D eigenvalue weighted by atomic mass is 9.99. The largest absolute Gasteiger partial charge is 0.394 e. The first-order chi connectivity index (χ1) is 28.8. The molecule has 0 bridgehead atoms. The smallest absolute Gasteiger partial charge is 0.249 e. The van der Waals surface area contributed by atoms with Crippen molar-refractivity contribution in [3.63, 3.8) is 0 Å². The highest BCUT2D eigenvalue weighted by molar-refractivity contribution is 5.80. The Bertz CT molecular complexity index is 1120. The first kappa shape index (κ1) is 54.9. The molecule has 1 heterocycles. The van der Waals surface area contributed by atoms with Gasteiger partial charge in [-0.2, -0.15) is 0 Å². The summed E-state index contributed by atoms with van der Waals surface area (Å²) in [5.41, 5.74) is 0. The Balaban J connectivity index is 2.45. The first-order valence-corrected chi connectivity index (χ1v) is 23.6. The second kappa shape index (κ2) is 38.7. The molecule has 10 heteroatoms. The fourth-order valence-electron chi connectivity index (χ4n) is 7.01. The Morgan fingerprint density at radius 3 is 1.61 bits per heavy atom. The maximum absolute atomic E-state index is 13.0. The Morgan fingerprint density at radius 2 is 1.05 bits per heavy atom. The first-order valence-electron chi connectivity index (χ1n) is 23.6. The van der Waals surface area contributed by atoms with E-state index in [0.717, 1.165) is 51.4 Å². The van der Waals surface area contributed by atoms with E-state index >= 15 is 0 Å². The minimum absolute atomic E-state index is 0.292. The average Bonchev–Trinajstić information content (AvgIpc) is 3.23. The second-order valence-electron chi connectivity index (χ2n) is 16.3. The highest BCUT2D eigenvalue weighted by Gasteiger charge is 2.44. The minimum Gasteiger partial charge on any atom is -0.394 e. The zero-order valence-corrected chi connectivity index (χ0v) is 37.1. The maximum atomic E-state index is 13.0. The van der Waals surface area contributed by atoms with Gasteiger partial charge in [-0.05, 0) is 70.6 Å². The van der Waals surface area contributed by atoms with Crippen molar-refractivity contribution in [1.82, 2.24) is 5.32 Å². The van der Waals surface area contributed by atoms with Crippen LogP contribution < -0.4 is 5.32 Å². The number of aliphatic hydroxyl groups is 6. The van der Waals surface area contributed by atoms with Crippen LogP contribution in [0, 0.1) is 0 Å². The molecule has 0 spiro atoms. The highest BCUT2D eigenvalue weighted by Crippen LogP contribution is 2.22. The summed E-state index contributed by atoms with van der Waals surface area (Å²) in [7, 11) is 0. The number of aliphatic hydroxyl groups excluding tert-OH is 6. The normalized spacial score (nSPS) is 21.8. The van der Waals surface area contributed by atoms with Crippen LogP contribution in [0.3, 0.4) is 0 Å². The van der Waals surface area contributed by atoms with E-state index in [1.54, 1.807) is 6.08 Å². The van der Waals surface area contributed by atoms with Gasteiger partial charge in [0, 0.05) is 0 Å². The van der Waals surface area contributed by atoms with E-state index in [1.165, 1.54) is 96.3 Å². The summed E-state index contributed by atoms with van der Waals surface area (Å²) in [6.07, 6.45) is 40.1. The van der Waals surface area contributed by atoms with Gasteiger partial charge in [0.15, 0.2) is 6.29 Å². The number of hydrogen-bond donors (Lipinski definition) is 7. The quantitative estimate of drug-likeness (QED) is 0.0182. The molecule has 0 aliphatic carbocycles. The summed E-state index contributed by atoms with van der Waals surface area (Å²) in [5, 5.41) is 64.7. The van der Waals surface area contributed by atoms with E-state index in [4.69, 9.17) is 9.47 Å². The molecule has 1 saturated heterocycles. The average molecular weight is 834 g/mol. The summed E-state index contributed by atoms with van der Waals surface area (Å²) in [6, 6.07) is -1.01. The molecule has 0 radical (unpaired) electrons. The van der Waals surface area contributed by atoms with Gasteiger partial charge in [-0.15, -0.1) is 0 Å². The molecule has 0 saturated carbocycles. The number of carbonyl (C=O) groups is 1. The fourth-order valence-corrected chi connectivity index (χ4v) is 7.01. The second-order valence-corrected chi connectivity index (χ2v) is 16.3. The minimum atomic E-state index is -1.62. The molecule has 0 aromatic rings. The number of carbonyl (C=O) groups excluding carboxylic acids is 1. The molecule has 8 atom stereocenters. The number of rotatable bonds is 38. The number of unbranched alkanes of at least 4 members (excludes halogenated alkanes) is 20. The van der Waals surface area contributed by atoms with E-state index < -0.39 is 61.5 Å². The van der Waals surface area contributed by atoms with Gasteiger partial charge in [-0.3, -0.25) is 4.79 Å². The predicted octanol–water partition coefficient (Wildman–Crippen LogP) is 8.97. The Kier molecular flexibility index (Phi) is 36.0. The lowest BCUT2D eigenvalue weighted by Crippen LogP contribution is -2.60. The van der Waals surface area contributed by atoms with Crippen molar-refractivity contribution < 1.29 is 44.9 Å². The van der Waals surface area contributed by atoms with Gasteiger partial charge < -0.3 is 45.4 Å². The van der Waals surface area contributed by atoms with Crippen molar-refractivity contribution in [1.29, 1.82) is 0 Å². The van der Waals surface area contributed by atoms with Crippen LogP contribution in [-0.4, -0.2) is 98.7 Å². The van der Waals surface area contributed by atoms with Crippen LogP contribution in [0.25, 0.3) is 0 Å². The van der Waals surface area contributed by atoms with Gasteiger partial charge in [-0.1, -0.05) is 171 Å². The zero-order chi connectivity index (χ0) is 43.2. The van der Waals surface area contributed by atoms with Crippen LogP contribution in [0.4, 0.5) is 0 Å². The maximum Gasteiger partial charge on any atom is 0.249 e. The lowest BCUT2D eigenvalue weighted by Gasteiger charge is -2.40. The molecule has 0 aromatic heterocycles. The van der Waals surface area contributed by atoms with Crippen LogP contribution >= 0.6 is 0 Å². The van der Waals surface area contributed by atoms with Gasteiger partial charge >= 0.3 is 0 Å². The zero-order valence-electron chi connectivity index (χ0n) is 37.1. The Hall–Kier alpha value is -2.15. The van der Waals surface area contributed by atoms with Crippen LogP contribution in [0.15, 0.2) is 60.8 Å². The fraction of sp³-hybridized carbons (Fsp3) is 0.776. The van der Waals surface area contributed by atoms with Gasteiger partial charge in [0.1, 0.15) is 30.5 Å². The number of ether oxygens (including phenoxy) is 2. The topological polar surface area (TPSA) is 169 Å². The monoisotopic (exact) mass is 834 g/mol. The molecule has 8 unspecified atom stereocenters. The van der Waals surface area contributed by atoms with E-state index in [9.17, 15) is 35.4 Å². The third kappa shape index (κ3) is 28.9. The molecule has 342 valence electrons. The summed E-state index contributed by atoms with van der Waals surface area (Å²) in [6.45, 7) is 3.53. The Labute approximate surface area is 359 Å². The van der Waals surface area contributed by atoms with E-state index in [0.29, 0.717) is 19.3 Å². The van der Waals surface area contributed by atoms with Gasteiger partial charge in [-0.25, -0.2) is 0 Å². The third-order valence-corrected chi connectivity index (χ3v) is 10.9. The number of amides is 1. The molecule has 7 N–H and O–H groups in total. The van der Waals surface area contributed by atoms with Crippen LogP contribution in [-0.2, 0) is 14.3 Å². The van der Waals surface area contributed by atoms with Crippen LogP contribution in [0.1, 0.15) is 181 Å². The van der Waals surface area contributed by atoms with Crippen LogP contribution in [0.2, 0.25) is 0 Å². The van der Waals surface area contributed by atoms with Crippen molar-refractivity contribution in [2.75, 3.05) is 13.2 Å². The Morgan fingerprint density at radius 1 is 0.593 bits per heavy atom. The summed E-state index contributed by atoms with van der Waals surface area (Å²) < 4.78 is 11.1. The van der Waals surface area contributed by atoms with Crippen molar-refractivity contribution in [2.24, 2.45) is 0 Å². The lowest BCUT2D eigenvalue weighted by molar-refractivity contribution is -0.302. The SMILES string of the molecule is CCCCC/C=C\C=C/CCCCCCCCCCCC(O)C(=O)NC(COC1OC(CO)C(O)C(O)C1O)C(O)/C=C/CC/C=C/CC/C=C/CCCCCCCC. The van der Waals surface area contributed by atoms with Crippen LogP contribution in [0.5, 0.6) is 0 Å². The van der Waals surface area contributed by atoms with Crippen molar-refractivity contribution in [2.45, 2.75) is 230 Å². The molecule has 1 amide bonds. The molecule has 1 aliphatic rings. The van der Waals surface area contributed by atoms with E-state index in [-0.39, 0.29) is 6.61 Å². The van der Waals surface area contributed by atoms with Gasteiger partial charge in [0.2, 0.25) is 5.91 Å². The standard InChI is InChI=1S/C49H87NO9/c1-3-5-7-9-11-13-15-17-19-21-22-24-26-28-30-32-34-36-38-43(53)48(57)50-41(40-58-49-47(56)46(55)45(54)44(39-51)59-49)42(52)37-35-33-31-29-27-25-23-20-18-16-14-12-10-8-6-4-2/h11,13,15,17-18,20,27,29,35,37,41-47,49,51-56H,3-10,12,14,16,19,21-26,28,30-34,36,38-40H2,1-2H3,(H,50,57)/b13-11-,17-15-,20-18+,29-27+,37-35+. The molecule has 59 heavy (non-hydrogen) atoms. The third-order valence-electron chi connectivity index (χ3n) is 10.9. The highest BCUT2D eigenvalue weighted by atomic mass is 16.7. The van der Waals surface area contributed by atoms with Crippen molar-refractivity contribution >= 4 is 5.91 Å². The number of hydrogen-bond acceptors (Lipinski definition) is 9. The summed E-state index contributed by atoms with van der Waals surface area (Å²) >= 11 is 0. The van der Waals surface area contributed by atoms with Crippen molar-refractivity contribution in [3.8, 4) is 0 Å². The van der Waals surface area contributed by atoms with E-state index in [2.05, 4.69) is 67.8 Å². The molecular weight excluding hydrogens is 747 g/mol. The predicted molar refractivity (Wildman–Crippen MR) is 241 cm³/mol. The van der Waals surface area contributed by atoms with Crippen molar-refractivity contribution in [3.05, 3.63) is 60.8 Å². The number of allylic oxidation sites excluding steroid dienone is 9. The molecule has 1 aliphatic heterocycles. The number of nitrogens with one attached hydrogen (secondary N) is 1. The molecular formula is C49H87NO9. The summed E-state index contributed by atoms with van der Waals surface area (Å²) in [5.74, 6) is -0.637. The van der Waals surface area contributed by atoms with Gasteiger partial charge in [0.25, 0.3) is 0 Å². The molecule has 1 rings (SSSR count).